The van der Waals surface area contributed by atoms with E-state index in [-0.39, 0.29) is 17.3 Å². The van der Waals surface area contributed by atoms with E-state index in [1.165, 1.54) is 22.8 Å². The second-order valence-corrected chi connectivity index (χ2v) is 6.39. The maximum Gasteiger partial charge on any atom is 0.273 e. The zero-order valence-corrected chi connectivity index (χ0v) is 16.1. The van der Waals surface area contributed by atoms with Crippen LogP contribution in [0.4, 0.5) is 27.1 Å². The number of nitrogens with zero attached hydrogens (tertiary/aromatic N) is 1. The molecule has 0 bridgehead atoms. The lowest BCUT2D eigenvalue weighted by atomic mass is 10.0. The SMILES string of the molecule is C=CC(=O)Nc1ccc(Nc2ccc(F)cc2)c(-c2cc(NC)c(=O)n(C)c2)c1. The van der Waals surface area contributed by atoms with Crippen LogP contribution in [0.15, 0.2) is 72.2 Å². The Labute approximate surface area is 167 Å². The van der Waals surface area contributed by atoms with Gasteiger partial charge in [0.25, 0.3) is 5.56 Å². The molecule has 0 aliphatic heterocycles. The van der Waals surface area contributed by atoms with Crippen molar-refractivity contribution in [2.45, 2.75) is 0 Å². The second-order valence-electron chi connectivity index (χ2n) is 6.39. The molecule has 0 saturated carbocycles. The van der Waals surface area contributed by atoms with Crippen molar-refractivity contribution < 1.29 is 9.18 Å². The predicted octanol–water partition coefficient (Wildman–Crippen LogP) is 4.10. The highest BCUT2D eigenvalue weighted by molar-refractivity contribution is 6.00. The number of anilines is 4. The number of pyridine rings is 1. The third-order valence-corrected chi connectivity index (χ3v) is 4.36. The molecule has 0 atom stereocenters. The maximum absolute atomic E-state index is 13.2. The van der Waals surface area contributed by atoms with E-state index in [4.69, 9.17) is 0 Å². The van der Waals surface area contributed by atoms with Crippen LogP contribution in [0.25, 0.3) is 11.1 Å². The van der Waals surface area contributed by atoms with E-state index in [1.807, 2.05) is 6.07 Å². The van der Waals surface area contributed by atoms with Gasteiger partial charge >= 0.3 is 0 Å². The molecule has 0 fully saturated rings. The van der Waals surface area contributed by atoms with Crippen LogP contribution in [0.5, 0.6) is 0 Å². The van der Waals surface area contributed by atoms with Gasteiger partial charge in [-0.1, -0.05) is 6.58 Å². The molecule has 0 unspecified atom stereocenters. The Morgan fingerprint density at radius 2 is 1.76 bits per heavy atom. The van der Waals surface area contributed by atoms with Crippen LogP contribution in [0, 0.1) is 5.82 Å². The van der Waals surface area contributed by atoms with E-state index in [0.29, 0.717) is 17.1 Å². The van der Waals surface area contributed by atoms with E-state index < -0.39 is 0 Å². The number of carbonyl (C=O) groups excluding carboxylic acids is 1. The molecule has 1 heterocycles. The molecule has 2 aromatic carbocycles. The Morgan fingerprint density at radius 1 is 1.07 bits per heavy atom. The number of carbonyl (C=O) groups is 1. The first-order valence-corrected chi connectivity index (χ1v) is 8.90. The summed E-state index contributed by atoms with van der Waals surface area (Å²) in [7, 11) is 3.35. The lowest BCUT2D eigenvalue weighted by molar-refractivity contribution is -0.111. The quantitative estimate of drug-likeness (QED) is 0.552. The first kappa shape index (κ1) is 19.9. The first-order chi connectivity index (χ1) is 13.9. The minimum Gasteiger partial charge on any atom is -0.384 e. The summed E-state index contributed by atoms with van der Waals surface area (Å²) in [4.78, 5) is 23.9. The van der Waals surface area contributed by atoms with Gasteiger partial charge < -0.3 is 20.5 Å². The van der Waals surface area contributed by atoms with E-state index in [9.17, 15) is 14.0 Å². The van der Waals surface area contributed by atoms with Crippen molar-refractivity contribution in [3.8, 4) is 11.1 Å². The molecular weight excluding hydrogens is 371 g/mol. The van der Waals surface area contributed by atoms with Crippen molar-refractivity contribution in [3.63, 3.8) is 0 Å². The van der Waals surface area contributed by atoms with Crippen molar-refractivity contribution in [3.05, 3.63) is 83.6 Å². The summed E-state index contributed by atoms with van der Waals surface area (Å²) < 4.78 is 14.7. The molecule has 7 heteroatoms. The number of benzene rings is 2. The Morgan fingerprint density at radius 3 is 2.41 bits per heavy atom. The Balaban J connectivity index is 2.12. The monoisotopic (exact) mass is 392 g/mol. The highest BCUT2D eigenvalue weighted by atomic mass is 19.1. The molecule has 0 radical (unpaired) electrons. The van der Waals surface area contributed by atoms with Gasteiger partial charge in [0.1, 0.15) is 11.5 Å². The number of nitrogens with one attached hydrogen (secondary N) is 3. The lowest BCUT2D eigenvalue weighted by Crippen LogP contribution is -2.19. The smallest absolute Gasteiger partial charge is 0.273 e. The summed E-state index contributed by atoms with van der Waals surface area (Å²) in [5.41, 5.74) is 3.82. The van der Waals surface area contributed by atoms with E-state index in [0.717, 1.165) is 16.8 Å². The van der Waals surface area contributed by atoms with Gasteiger partial charge in [0, 0.05) is 48.5 Å². The van der Waals surface area contributed by atoms with Crippen LogP contribution < -0.4 is 21.5 Å². The average molecular weight is 392 g/mol. The largest absolute Gasteiger partial charge is 0.384 e. The fourth-order valence-corrected chi connectivity index (χ4v) is 2.89. The van der Waals surface area contributed by atoms with Gasteiger partial charge in [0.2, 0.25) is 5.91 Å². The van der Waals surface area contributed by atoms with E-state index >= 15 is 0 Å². The number of aryl methyl sites for hydroxylation is 1. The number of halogens is 1. The topological polar surface area (TPSA) is 75.2 Å². The highest BCUT2D eigenvalue weighted by Crippen LogP contribution is 2.33. The zero-order valence-electron chi connectivity index (χ0n) is 16.1. The van der Waals surface area contributed by atoms with Crippen LogP contribution in [0.1, 0.15) is 0 Å². The molecule has 1 amide bonds. The molecule has 6 nitrogen and oxygen atoms in total. The Bertz CT molecular complexity index is 1120. The van der Waals surface area contributed by atoms with Gasteiger partial charge in [-0.3, -0.25) is 9.59 Å². The normalized spacial score (nSPS) is 10.3. The molecule has 3 aromatic rings. The minimum absolute atomic E-state index is 0.152. The molecule has 0 aliphatic rings. The van der Waals surface area contributed by atoms with Gasteiger partial charge in [0.05, 0.1) is 0 Å². The fourth-order valence-electron chi connectivity index (χ4n) is 2.89. The number of amides is 1. The fraction of sp³-hybridized carbons (Fsp3) is 0.0909. The van der Waals surface area contributed by atoms with Gasteiger partial charge in [-0.2, -0.15) is 0 Å². The van der Waals surface area contributed by atoms with Crippen molar-refractivity contribution in [2.75, 3.05) is 23.0 Å². The Kier molecular flexibility index (Phi) is 5.78. The van der Waals surface area contributed by atoms with Crippen molar-refractivity contribution in [2.24, 2.45) is 7.05 Å². The summed E-state index contributed by atoms with van der Waals surface area (Å²) >= 11 is 0. The van der Waals surface area contributed by atoms with Gasteiger partial charge in [-0.05, 0) is 54.6 Å². The highest BCUT2D eigenvalue weighted by Gasteiger charge is 2.12. The molecular formula is C22H21FN4O2. The van der Waals surface area contributed by atoms with E-state index in [2.05, 4.69) is 22.5 Å². The summed E-state index contributed by atoms with van der Waals surface area (Å²) in [5.74, 6) is -0.651. The molecule has 29 heavy (non-hydrogen) atoms. The van der Waals surface area contributed by atoms with Gasteiger partial charge in [-0.15, -0.1) is 0 Å². The molecule has 148 valence electrons. The van der Waals surface area contributed by atoms with Gasteiger partial charge in [-0.25, -0.2) is 4.39 Å². The Hall–Kier alpha value is -3.87. The van der Waals surface area contributed by atoms with Crippen LogP contribution in [-0.4, -0.2) is 17.5 Å². The summed E-state index contributed by atoms with van der Waals surface area (Å²) in [5, 5.41) is 8.89. The number of hydrogen-bond donors (Lipinski definition) is 3. The van der Waals surface area contributed by atoms with Crippen molar-refractivity contribution in [1.82, 2.24) is 4.57 Å². The molecule has 0 saturated heterocycles. The predicted molar refractivity (Wildman–Crippen MR) is 115 cm³/mol. The van der Waals surface area contributed by atoms with Crippen molar-refractivity contribution >= 4 is 28.7 Å². The van der Waals surface area contributed by atoms with Crippen LogP contribution in [0.3, 0.4) is 0 Å². The number of rotatable bonds is 6. The minimum atomic E-state index is -0.327. The molecule has 0 spiro atoms. The van der Waals surface area contributed by atoms with E-state index in [1.54, 1.807) is 50.6 Å². The number of hydrogen-bond acceptors (Lipinski definition) is 4. The van der Waals surface area contributed by atoms with Gasteiger partial charge in [0.15, 0.2) is 0 Å². The summed E-state index contributed by atoms with van der Waals surface area (Å²) in [6.45, 7) is 3.46. The number of aromatic nitrogens is 1. The van der Waals surface area contributed by atoms with Crippen molar-refractivity contribution in [1.29, 1.82) is 0 Å². The lowest BCUT2D eigenvalue weighted by Gasteiger charge is -2.16. The summed E-state index contributed by atoms with van der Waals surface area (Å²) in [6, 6.07) is 13.1. The third-order valence-electron chi connectivity index (χ3n) is 4.36. The second kappa shape index (κ2) is 8.43. The van der Waals surface area contributed by atoms with Crippen LogP contribution >= 0.6 is 0 Å². The first-order valence-electron chi connectivity index (χ1n) is 8.90. The maximum atomic E-state index is 13.2. The summed E-state index contributed by atoms with van der Waals surface area (Å²) in [6.07, 6.45) is 2.91. The van der Waals surface area contributed by atoms with Crippen LogP contribution in [-0.2, 0) is 11.8 Å². The molecule has 3 N–H and O–H groups in total. The molecule has 1 aromatic heterocycles. The zero-order chi connectivity index (χ0) is 21.0. The van der Waals surface area contributed by atoms with Crippen LogP contribution in [0.2, 0.25) is 0 Å². The molecule has 0 aliphatic carbocycles. The standard InChI is InChI=1S/C22H21FN4O2/c1-4-21(28)26-17-9-10-19(25-16-7-5-15(23)6-8-16)18(12-17)14-11-20(24-2)22(29)27(3)13-14/h4-13,24-25H,1H2,2-3H3,(H,26,28). The molecule has 3 rings (SSSR count). The third kappa shape index (κ3) is 4.52. The average Bonchev–Trinajstić information content (AvgIpc) is 2.72.